The van der Waals surface area contributed by atoms with Crippen LogP contribution in [0, 0.1) is 0 Å². The van der Waals surface area contributed by atoms with Crippen molar-refractivity contribution in [3.8, 4) is 0 Å². The SMILES string of the molecule is CCCC(C)NC(=O)C(c1ccccc1)N(C(=O)C(CCSC)NC(=O)OC(C)(C)C)C(C)CC. The van der Waals surface area contributed by atoms with Crippen LogP contribution in [-0.2, 0) is 14.3 Å². The number of amides is 3. The highest BCUT2D eigenvalue weighted by atomic mass is 32.2. The first-order valence-electron chi connectivity index (χ1n) is 12.6. The molecule has 4 unspecified atom stereocenters. The number of alkyl carbamates (subject to hydrolysis) is 1. The van der Waals surface area contributed by atoms with Crippen LogP contribution in [0.5, 0.6) is 0 Å². The topological polar surface area (TPSA) is 87.7 Å². The van der Waals surface area contributed by atoms with Gasteiger partial charge in [0.1, 0.15) is 17.7 Å². The van der Waals surface area contributed by atoms with E-state index in [1.807, 2.05) is 57.4 Å². The van der Waals surface area contributed by atoms with Crippen molar-refractivity contribution < 1.29 is 19.1 Å². The number of carbonyl (C=O) groups is 3. The summed E-state index contributed by atoms with van der Waals surface area (Å²) in [6.07, 6.45) is 4.20. The molecule has 0 aliphatic heterocycles. The van der Waals surface area contributed by atoms with E-state index in [1.54, 1.807) is 37.4 Å². The molecule has 0 radical (unpaired) electrons. The third kappa shape index (κ3) is 10.5. The van der Waals surface area contributed by atoms with Gasteiger partial charge in [0, 0.05) is 12.1 Å². The molecule has 0 heterocycles. The minimum absolute atomic E-state index is 0.0141. The van der Waals surface area contributed by atoms with Crippen LogP contribution in [0.4, 0.5) is 4.79 Å². The van der Waals surface area contributed by atoms with Gasteiger partial charge in [-0.15, -0.1) is 0 Å². The maximum atomic E-state index is 14.0. The van der Waals surface area contributed by atoms with Crippen LogP contribution in [0.3, 0.4) is 0 Å². The van der Waals surface area contributed by atoms with E-state index in [-0.39, 0.29) is 23.9 Å². The second-order valence-electron chi connectivity index (χ2n) is 9.99. The summed E-state index contributed by atoms with van der Waals surface area (Å²) >= 11 is 1.60. The number of nitrogens with one attached hydrogen (secondary N) is 2. The van der Waals surface area contributed by atoms with E-state index in [2.05, 4.69) is 17.6 Å². The highest BCUT2D eigenvalue weighted by Gasteiger charge is 2.38. The quantitative estimate of drug-likeness (QED) is 0.378. The third-order valence-electron chi connectivity index (χ3n) is 5.67. The largest absolute Gasteiger partial charge is 0.444 e. The second kappa shape index (κ2) is 15.0. The summed E-state index contributed by atoms with van der Waals surface area (Å²) in [5.41, 5.74) is 0.0540. The zero-order chi connectivity index (χ0) is 26.6. The van der Waals surface area contributed by atoms with Crippen LogP contribution in [0.15, 0.2) is 30.3 Å². The van der Waals surface area contributed by atoms with Crippen LogP contribution in [0.1, 0.15) is 85.8 Å². The van der Waals surface area contributed by atoms with E-state index in [1.165, 1.54) is 0 Å². The lowest BCUT2D eigenvalue weighted by Gasteiger charge is -2.38. The lowest BCUT2D eigenvalue weighted by molar-refractivity contribution is -0.145. The van der Waals surface area contributed by atoms with Crippen molar-refractivity contribution in [2.45, 2.75) is 104 Å². The molecule has 4 atom stereocenters. The van der Waals surface area contributed by atoms with Gasteiger partial charge in [0.2, 0.25) is 11.8 Å². The smallest absolute Gasteiger partial charge is 0.408 e. The lowest BCUT2D eigenvalue weighted by atomic mass is 9.99. The molecule has 0 aromatic heterocycles. The molecule has 0 aliphatic rings. The summed E-state index contributed by atoms with van der Waals surface area (Å²) in [4.78, 5) is 41.9. The summed E-state index contributed by atoms with van der Waals surface area (Å²) in [6.45, 7) is 13.3. The molecule has 0 saturated carbocycles. The fourth-order valence-electron chi connectivity index (χ4n) is 3.82. The normalized spacial score (nSPS) is 14.9. The first-order chi connectivity index (χ1) is 16.4. The van der Waals surface area contributed by atoms with E-state index in [9.17, 15) is 14.4 Å². The van der Waals surface area contributed by atoms with Crippen molar-refractivity contribution in [1.29, 1.82) is 0 Å². The zero-order valence-corrected chi connectivity index (χ0v) is 23.5. The Hall–Kier alpha value is -2.22. The molecule has 2 N–H and O–H groups in total. The number of hydrogen-bond acceptors (Lipinski definition) is 5. The first kappa shape index (κ1) is 30.8. The number of rotatable bonds is 13. The van der Waals surface area contributed by atoms with Gasteiger partial charge >= 0.3 is 6.09 Å². The Labute approximate surface area is 216 Å². The average molecular weight is 508 g/mol. The van der Waals surface area contributed by atoms with Crippen molar-refractivity contribution in [1.82, 2.24) is 15.5 Å². The van der Waals surface area contributed by atoms with Crippen LogP contribution in [0.2, 0.25) is 0 Å². The molecular weight excluding hydrogens is 462 g/mol. The molecule has 0 aliphatic carbocycles. The maximum absolute atomic E-state index is 14.0. The summed E-state index contributed by atoms with van der Waals surface area (Å²) in [6, 6.07) is 7.51. The van der Waals surface area contributed by atoms with Gasteiger partial charge in [-0.2, -0.15) is 11.8 Å². The molecule has 1 aromatic carbocycles. The van der Waals surface area contributed by atoms with Gasteiger partial charge in [-0.05, 0) is 71.5 Å². The molecule has 1 rings (SSSR count). The number of benzene rings is 1. The zero-order valence-electron chi connectivity index (χ0n) is 22.7. The fraction of sp³-hybridized carbons (Fsp3) is 0.667. The molecule has 7 nitrogen and oxygen atoms in total. The van der Waals surface area contributed by atoms with Gasteiger partial charge in [0.15, 0.2) is 0 Å². The Bertz CT molecular complexity index is 797. The molecular formula is C27H45N3O4S. The third-order valence-corrected chi connectivity index (χ3v) is 6.32. The van der Waals surface area contributed by atoms with E-state index in [4.69, 9.17) is 4.74 Å². The summed E-state index contributed by atoms with van der Waals surface area (Å²) in [5.74, 6) is 0.175. The lowest BCUT2D eigenvalue weighted by Crippen LogP contribution is -2.56. The summed E-state index contributed by atoms with van der Waals surface area (Å²) in [7, 11) is 0. The number of nitrogens with zero attached hydrogens (tertiary/aromatic N) is 1. The molecule has 8 heteroatoms. The summed E-state index contributed by atoms with van der Waals surface area (Å²) < 4.78 is 5.43. The Morgan fingerprint density at radius 3 is 2.17 bits per heavy atom. The van der Waals surface area contributed by atoms with Gasteiger partial charge in [-0.3, -0.25) is 9.59 Å². The van der Waals surface area contributed by atoms with Gasteiger partial charge in [-0.1, -0.05) is 50.6 Å². The Kier molecular flexibility index (Phi) is 13.2. The summed E-state index contributed by atoms with van der Waals surface area (Å²) in [5, 5.41) is 5.88. The van der Waals surface area contributed by atoms with Gasteiger partial charge in [0.25, 0.3) is 0 Å². The number of ether oxygens (including phenoxy) is 1. The van der Waals surface area contributed by atoms with Crippen molar-refractivity contribution >= 4 is 29.7 Å². The second-order valence-corrected chi connectivity index (χ2v) is 11.0. The molecule has 0 spiro atoms. The highest BCUT2D eigenvalue weighted by molar-refractivity contribution is 7.98. The molecule has 3 amide bonds. The van der Waals surface area contributed by atoms with E-state index >= 15 is 0 Å². The predicted octanol–water partition coefficient (Wildman–Crippen LogP) is 5.31. The average Bonchev–Trinajstić information content (AvgIpc) is 2.78. The van der Waals surface area contributed by atoms with Crippen molar-refractivity contribution in [2.75, 3.05) is 12.0 Å². The minimum Gasteiger partial charge on any atom is -0.444 e. The van der Waals surface area contributed by atoms with E-state index in [0.717, 1.165) is 18.4 Å². The first-order valence-corrected chi connectivity index (χ1v) is 14.0. The predicted molar refractivity (Wildman–Crippen MR) is 144 cm³/mol. The van der Waals surface area contributed by atoms with Gasteiger partial charge in [0.05, 0.1) is 0 Å². The number of hydrogen-bond donors (Lipinski definition) is 2. The maximum Gasteiger partial charge on any atom is 0.408 e. The van der Waals surface area contributed by atoms with Crippen LogP contribution >= 0.6 is 11.8 Å². The monoisotopic (exact) mass is 507 g/mol. The minimum atomic E-state index is -0.810. The molecule has 0 fully saturated rings. The van der Waals surface area contributed by atoms with Crippen LogP contribution in [0.25, 0.3) is 0 Å². The van der Waals surface area contributed by atoms with Crippen molar-refractivity contribution in [3.63, 3.8) is 0 Å². The van der Waals surface area contributed by atoms with E-state index < -0.39 is 23.8 Å². The van der Waals surface area contributed by atoms with Crippen LogP contribution < -0.4 is 10.6 Å². The Morgan fingerprint density at radius 2 is 1.66 bits per heavy atom. The van der Waals surface area contributed by atoms with Crippen LogP contribution in [-0.4, -0.2) is 58.5 Å². The molecule has 0 saturated heterocycles. The molecule has 0 bridgehead atoms. The van der Waals surface area contributed by atoms with Crippen molar-refractivity contribution in [3.05, 3.63) is 35.9 Å². The number of thioether (sulfide) groups is 1. The van der Waals surface area contributed by atoms with Gasteiger partial charge in [-0.25, -0.2) is 4.79 Å². The Morgan fingerprint density at radius 1 is 1.03 bits per heavy atom. The van der Waals surface area contributed by atoms with Gasteiger partial charge < -0.3 is 20.3 Å². The van der Waals surface area contributed by atoms with Crippen molar-refractivity contribution in [2.24, 2.45) is 0 Å². The number of carbonyl (C=O) groups excluding carboxylic acids is 3. The molecule has 198 valence electrons. The standard InChI is InChI=1S/C27H45N3O4S/c1-9-14-19(3)28-24(31)23(21-15-12-11-13-16-21)30(20(4)10-2)25(32)22(17-18-35-8)29-26(33)34-27(5,6)7/h11-13,15-16,19-20,22-23H,9-10,14,17-18H2,1-8H3,(H,28,31)(H,29,33). The molecule has 1 aromatic rings. The highest BCUT2D eigenvalue weighted by Crippen LogP contribution is 2.27. The fourth-order valence-corrected chi connectivity index (χ4v) is 4.29. The molecule has 35 heavy (non-hydrogen) atoms. The Balaban J connectivity index is 3.42. The van der Waals surface area contributed by atoms with E-state index in [0.29, 0.717) is 18.6 Å².